The molecule has 4 unspecified atom stereocenters. The number of carbonyl (C=O) groups is 2. The molecule has 1 heterocycles. The third-order valence-electron chi connectivity index (χ3n) is 6.67. The molecule has 0 spiro atoms. The highest BCUT2D eigenvalue weighted by molar-refractivity contribution is 6.06. The molecule has 2 bridgehead atoms. The van der Waals surface area contributed by atoms with Gasteiger partial charge in [0.05, 0.1) is 11.8 Å². The molecule has 33 heavy (non-hydrogen) atoms. The van der Waals surface area contributed by atoms with Crippen LogP contribution in [0.15, 0.2) is 41.4 Å². The summed E-state index contributed by atoms with van der Waals surface area (Å²) in [7, 11) is 0. The molecule has 1 aromatic carbocycles. The highest BCUT2D eigenvalue weighted by Gasteiger charge is 2.58. The van der Waals surface area contributed by atoms with Gasteiger partial charge in [-0.1, -0.05) is 30.2 Å². The fourth-order valence-corrected chi connectivity index (χ4v) is 5.15. The highest BCUT2D eigenvalue weighted by atomic mass is 16.5. The van der Waals surface area contributed by atoms with Gasteiger partial charge in [0.15, 0.2) is 5.96 Å². The number of nitrogens with one attached hydrogen (secondary N) is 2. The molecule has 1 aliphatic heterocycles. The van der Waals surface area contributed by atoms with Crippen molar-refractivity contribution in [1.29, 1.82) is 0 Å². The maximum absolute atomic E-state index is 12.8. The van der Waals surface area contributed by atoms with Crippen molar-refractivity contribution in [2.24, 2.45) is 28.7 Å². The molecule has 2 aliphatic carbocycles. The van der Waals surface area contributed by atoms with Crippen LogP contribution in [0.1, 0.15) is 25.3 Å². The lowest BCUT2D eigenvalue weighted by Crippen LogP contribution is -2.38. The van der Waals surface area contributed by atoms with Gasteiger partial charge in [-0.3, -0.25) is 19.5 Å². The van der Waals surface area contributed by atoms with Crippen molar-refractivity contribution in [2.45, 2.75) is 26.2 Å². The Morgan fingerprint density at radius 2 is 1.85 bits per heavy atom. The van der Waals surface area contributed by atoms with Crippen LogP contribution in [-0.2, 0) is 16.0 Å². The van der Waals surface area contributed by atoms with Gasteiger partial charge in [0.2, 0.25) is 11.8 Å². The molecule has 2 fully saturated rings. The molecular formula is C26H32N4O3. The maximum Gasteiger partial charge on any atom is 0.233 e. The number of amides is 2. The number of allylic oxidation sites excluding steroid dienone is 2. The minimum absolute atomic E-state index is 0.0200. The first-order valence-corrected chi connectivity index (χ1v) is 11.8. The summed E-state index contributed by atoms with van der Waals surface area (Å²) in [4.78, 5) is 31.6. The summed E-state index contributed by atoms with van der Waals surface area (Å²) in [5.74, 6) is 4.29. The third-order valence-corrected chi connectivity index (χ3v) is 6.67. The number of hydrogen-bond acceptors (Lipinski definition) is 4. The number of nitrogens with zero attached hydrogens (tertiary/aromatic N) is 2. The first kappa shape index (κ1) is 22.9. The van der Waals surface area contributed by atoms with Gasteiger partial charge in [-0.25, -0.2) is 0 Å². The summed E-state index contributed by atoms with van der Waals surface area (Å²) in [6, 6.07) is 7.89. The molecule has 2 amide bonds. The monoisotopic (exact) mass is 448 g/mol. The van der Waals surface area contributed by atoms with Crippen molar-refractivity contribution >= 4 is 17.8 Å². The Morgan fingerprint density at radius 3 is 2.48 bits per heavy atom. The molecule has 3 aliphatic rings. The van der Waals surface area contributed by atoms with Gasteiger partial charge >= 0.3 is 0 Å². The average molecular weight is 449 g/mol. The van der Waals surface area contributed by atoms with Gasteiger partial charge in [-0.2, -0.15) is 0 Å². The van der Waals surface area contributed by atoms with Crippen LogP contribution in [0.2, 0.25) is 0 Å². The van der Waals surface area contributed by atoms with Crippen molar-refractivity contribution in [3.05, 3.63) is 42.0 Å². The standard InChI is InChI=1S/C26H32N4O3/c1-3-16-33-21-10-6-18(7-11-21)12-14-29-26(27-4-2)28-13-5-15-30-24(31)22-19-8-9-20(17-19)23(22)25(30)32/h1,6-11,19-20,22-23H,4-5,12-17H2,2H3,(H2,27,28,29). The first-order chi connectivity index (χ1) is 16.1. The second-order valence-electron chi connectivity index (χ2n) is 8.76. The van der Waals surface area contributed by atoms with E-state index >= 15 is 0 Å². The van der Waals surface area contributed by atoms with Crippen LogP contribution in [0, 0.1) is 36.0 Å². The van der Waals surface area contributed by atoms with Crippen molar-refractivity contribution in [2.75, 3.05) is 32.8 Å². The van der Waals surface area contributed by atoms with Crippen LogP contribution in [0.5, 0.6) is 5.75 Å². The summed E-state index contributed by atoms with van der Waals surface area (Å²) in [6.07, 6.45) is 11.9. The Labute approximate surface area is 195 Å². The van der Waals surface area contributed by atoms with Crippen LogP contribution in [0.3, 0.4) is 0 Å². The number of fused-ring (bicyclic) bond motifs is 5. The van der Waals surface area contributed by atoms with E-state index in [1.165, 1.54) is 10.5 Å². The summed E-state index contributed by atoms with van der Waals surface area (Å²) < 4.78 is 5.40. The second kappa shape index (κ2) is 10.6. The molecule has 174 valence electrons. The number of rotatable bonds is 10. The highest BCUT2D eigenvalue weighted by Crippen LogP contribution is 2.52. The fourth-order valence-electron chi connectivity index (χ4n) is 5.15. The van der Waals surface area contributed by atoms with Crippen LogP contribution >= 0.6 is 0 Å². The van der Waals surface area contributed by atoms with E-state index in [1.54, 1.807) is 0 Å². The lowest BCUT2D eigenvalue weighted by atomic mass is 9.85. The summed E-state index contributed by atoms with van der Waals surface area (Å²) in [6.45, 7) is 4.78. The Hall–Kier alpha value is -3.27. The topological polar surface area (TPSA) is 83.0 Å². The largest absolute Gasteiger partial charge is 0.481 e. The molecule has 1 aromatic rings. The summed E-state index contributed by atoms with van der Waals surface area (Å²) in [5, 5.41) is 6.59. The zero-order valence-corrected chi connectivity index (χ0v) is 19.1. The number of ether oxygens (including phenoxy) is 1. The van der Waals surface area contributed by atoms with E-state index in [9.17, 15) is 9.59 Å². The number of hydrogen-bond donors (Lipinski definition) is 2. The molecule has 7 heteroatoms. The van der Waals surface area contributed by atoms with Crippen molar-refractivity contribution in [1.82, 2.24) is 15.5 Å². The van der Waals surface area contributed by atoms with E-state index in [0.717, 1.165) is 37.6 Å². The summed E-state index contributed by atoms with van der Waals surface area (Å²) in [5.41, 5.74) is 1.19. The van der Waals surface area contributed by atoms with Crippen molar-refractivity contribution in [3.63, 3.8) is 0 Å². The summed E-state index contributed by atoms with van der Waals surface area (Å²) >= 11 is 0. The molecular weight excluding hydrogens is 416 g/mol. The normalized spacial score (nSPS) is 25.3. The number of benzene rings is 1. The van der Waals surface area contributed by atoms with Crippen LogP contribution in [0.4, 0.5) is 0 Å². The van der Waals surface area contributed by atoms with Crippen molar-refractivity contribution in [3.8, 4) is 18.1 Å². The second-order valence-corrected chi connectivity index (χ2v) is 8.76. The third kappa shape index (κ3) is 5.05. The molecule has 1 saturated carbocycles. The number of imide groups is 1. The van der Waals surface area contributed by atoms with Crippen LogP contribution in [-0.4, -0.2) is 55.5 Å². The lowest BCUT2D eigenvalue weighted by molar-refractivity contribution is -0.140. The zero-order valence-electron chi connectivity index (χ0n) is 19.1. The predicted octanol–water partition coefficient (Wildman–Crippen LogP) is 1.99. The van der Waals surface area contributed by atoms with E-state index in [0.29, 0.717) is 19.5 Å². The maximum atomic E-state index is 12.8. The van der Waals surface area contributed by atoms with Crippen LogP contribution in [0.25, 0.3) is 0 Å². The van der Waals surface area contributed by atoms with E-state index in [-0.39, 0.29) is 42.1 Å². The van der Waals surface area contributed by atoms with Gasteiger partial charge in [-0.15, -0.1) is 6.42 Å². The number of guanidine groups is 1. The van der Waals surface area contributed by atoms with E-state index in [2.05, 4.69) is 33.7 Å². The molecule has 7 nitrogen and oxygen atoms in total. The molecule has 0 radical (unpaired) electrons. The Bertz CT molecular complexity index is 933. The fraction of sp³-hybridized carbons (Fsp3) is 0.500. The number of aliphatic imine (C=N–C) groups is 1. The molecule has 0 aromatic heterocycles. The Kier molecular flexibility index (Phi) is 7.33. The van der Waals surface area contributed by atoms with Gasteiger partial charge in [0.25, 0.3) is 0 Å². The van der Waals surface area contributed by atoms with Gasteiger partial charge in [0, 0.05) is 26.2 Å². The molecule has 4 rings (SSSR count). The van der Waals surface area contributed by atoms with Gasteiger partial charge in [0.1, 0.15) is 12.4 Å². The molecule has 1 saturated heterocycles. The lowest BCUT2D eigenvalue weighted by Gasteiger charge is -2.17. The number of carbonyl (C=O) groups excluding carboxylic acids is 2. The van der Waals surface area contributed by atoms with Crippen molar-refractivity contribution < 1.29 is 14.3 Å². The van der Waals surface area contributed by atoms with Crippen LogP contribution < -0.4 is 15.4 Å². The minimum atomic E-state index is -0.118. The molecule has 4 atom stereocenters. The smallest absolute Gasteiger partial charge is 0.233 e. The Balaban J connectivity index is 1.21. The number of terminal acetylenes is 1. The van der Waals surface area contributed by atoms with E-state index in [1.807, 2.05) is 31.2 Å². The number of likely N-dealkylation sites (tertiary alicyclic amines) is 1. The zero-order chi connectivity index (χ0) is 23.2. The minimum Gasteiger partial charge on any atom is -0.481 e. The van der Waals surface area contributed by atoms with Gasteiger partial charge in [-0.05, 0) is 55.7 Å². The predicted molar refractivity (Wildman–Crippen MR) is 128 cm³/mol. The van der Waals surface area contributed by atoms with E-state index in [4.69, 9.17) is 11.2 Å². The quantitative estimate of drug-likeness (QED) is 0.143. The first-order valence-electron chi connectivity index (χ1n) is 11.8. The average Bonchev–Trinajstić information content (AvgIpc) is 3.50. The van der Waals surface area contributed by atoms with Gasteiger partial charge < -0.3 is 15.4 Å². The van der Waals surface area contributed by atoms with E-state index < -0.39 is 0 Å². The Morgan fingerprint density at radius 1 is 1.15 bits per heavy atom. The molecule has 2 N–H and O–H groups in total. The SMILES string of the molecule is C#CCOc1ccc(CCNC(=NCCCN2C(=O)C3C4C=CC(C4)C3C2=O)NCC)cc1.